The van der Waals surface area contributed by atoms with Crippen LogP contribution in [0.2, 0.25) is 0 Å². The van der Waals surface area contributed by atoms with E-state index in [-0.39, 0.29) is 17.9 Å². The largest absolute Gasteiger partial charge is 0.461 e. The molecule has 1 amide bonds. The first kappa shape index (κ1) is 24.1. The van der Waals surface area contributed by atoms with E-state index in [9.17, 15) is 14.4 Å². The van der Waals surface area contributed by atoms with Gasteiger partial charge in [-0.1, -0.05) is 30.3 Å². The summed E-state index contributed by atoms with van der Waals surface area (Å²) in [6.45, 7) is 3.88. The van der Waals surface area contributed by atoms with Gasteiger partial charge in [0.2, 0.25) is 0 Å². The number of nitrogens with two attached hydrogens (primary N) is 1. The Morgan fingerprint density at radius 3 is 2.62 bits per heavy atom. The predicted molar refractivity (Wildman–Crippen MR) is 149 cm³/mol. The number of rotatable bonds is 5. The third kappa shape index (κ3) is 3.83. The number of hydrogen-bond acceptors (Lipinski definition) is 6. The zero-order valence-electron chi connectivity index (χ0n) is 21.2. The normalized spacial score (nSPS) is 11.3. The first-order valence-corrected chi connectivity index (χ1v) is 12.4. The molecule has 0 aliphatic carbocycles. The lowest BCUT2D eigenvalue weighted by molar-refractivity contribution is 0.0519. The molecule has 3 aromatic carbocycles. The van der Waals surface area contributed by atoms with Crippen LogP contribution in [-0.2, 0) is 4.74 Å². The van der Waals surface area contributed by atoms with Gasteiger partial charge in [0.05, 0.1) is 46.0 Å². The fraction of sp³-hybridized carbons (Fsp3) is 0.100. The minimum atomic E-state index is -0.587. The Labute approximate surface area is 221 Å². The quantitative estimate of drug-likeness (QED) is 0.320. The summed E-state index contributed by atoms with van der Waals surface area (Å²) in [6.07, 6.45) is 3.07. The van der Waals surface area contributed by atoms with Crippen LogP contribution in [0.25, 0.3) is 49.5 Å². The number of nitrogens with one attached hydrogen (secondary N) is 1. The van der Waals surface area contributed by atoms with Crippen molar-refractivity contribution in [3.05, 3.63) is 100 Å². The summed E-state index contributed by atoms with van der Waals surface area (Å²) in [5, 5.41) is 1.92. The van der Waals surface area contributed by atoms with Crippen LogP contribution < -0.4 is 11.3 Å². The molecule has 0 aliphatic heterocycles. The highest BCUT2D eigenvalue weighted by Gasteiger charge is 2.20. The van der Waals surface area contributed by atoms with E-state index in [0.29, 0.717) is 44.0 Å². The maximum atomic E-state index is 13.4. The van der Waals surface area contributed by atoms with Gasteiger partial charge in [-0.25, -0.2) is 14.8 Å². The number of pyridine rings is 1. The van der Waals surface area contributed by atoms with Crippen LogP contribution in [0.15, 0.2) is 78.0 Å². The van der Waals surface area contributed by atoms with Crippen LogP contribution in [0.5, 0.6) is 0 Å². The van der Waals surface area contributed by atoms with Crippen LogP contribution in [0.3, 0.4) is 0 Å². The Kier molecular flexibility index (Phi) is 5.68. The Bertz CT molecular complexity index is 2020. The van der Waals surface area contributed by atoms with Crippen molar-refractivity contribution in [2.45, 2.75) is 13.8 Å². The fourth-order valence-electron chi connectivity index (χ4n) is 5.07. The van der Waals surface area contributed by atoms with Crippen LogP contribution >= 0.6 is 0 Å². The number of esters is 1. The van der Waals surface area contributed by atoms with E-state index < -0.39 is 11.9 Å². The molecule has 39 heavy (non-hydrogen) atoms. The molecule has 0 bridgehead atoms. The van der Waals surface area contributed by atoms with Crippen molar-refractivity contribution in [3.63, 3.8) is 0 Å². The molecule has 9 heteroatoms. The molecule has 192 valence electrons. The third-order valence-corrected chi connectivity index (χ3v) is 6.91. The van der Waals surface area contributed by atoms with Crippen LogP contribution in [-0.4, -0.2) is 38.0 Å². The lowest BCUT2D eigenvalue weighted by atomic mass is 9.93. The van der Waals surface area contributed by atoms with Crippen LogP contribution in [0.4, 0.5) is 0 Å². The molecule has 0 radical (unpaired) electrons. The molecule has 0 fully saturated rings. The predicted octanol–water partition coefficient (Wildman–Crippen LogP) is 4.67. The van der Waals surface area contributed by atoms with Crippen molar-refractivity contribution >= 4 is 44.6 Å². The maximum Gasteiger partial charge on any atom is 0.356 e. The molecule has 6 rings (SSSR count). The standard InChI is InChI=1S/C30H23N5O4/c1-3-39-30(38)23-13-21-24(14-32-23)34-27-20(28(31)36)12-11-18(26(21)27)17-8-6-10-25(16(17)2)35-15-33-22-9-5-4-7-19(22)29(35)37/h4-15,34H,3H2,1-2H3,(H2,31,36). The second-order valence-corrected chi connectivity index (χ2v) is 9.12. The molecule has 3 aromatic heterocycles. The molecule has 0 atom stereocenters. The Morgan fingerprint density at radius 2 is 1.82 bits per heavy atom. The summed E-state index contributed by atoms with van der Waals surface area (Å²) in [6, 6.07) is 18.0. The van der Waals surface area contributed by atoms with E-state index in [1.54, 1.807) is 37.4 Å². The molecule has 0 unspecified atom stereocenters. The smallest absolute Gasteiger partial charge is 0.356 e. The van der Waals surface area contributed by atoms with Gasteiger partial charge in [-0.15, -0.1) is 0 Å². The average Bonchev–Trinajstić information content (AvgIpc) is 3.32. The molecule has 3 heterocycles. The van der Waals surface area contributed by atoms with Gasteiger partial charge in [0, 0.05) is 10.8 Å². The van der Waals surface area contributed by atoms with Crippen molar-refractivity contribution in [2.75, 3.05) is 6.61 Å². The number of benzene rings is 3. The summed E-state index contributed by atoms with van der Waals surface area (Å²) in [5.74, 6) is -1.13. The summed E-state index contributed by atoms with van der Waals surface area (Å²) < 4.78 is 6.68. The van der Waals surface area contributed by atoms with E-state index in [1.165, 1.54) is 10.9 Å². The second-order valence-electron chi connectivity index (χ2n) is 9.12. The molecule has 0 aliphatic rings. The molecular formula is C30H23N5O4. The lowest BCUT2D eigenvalue weighted by Gasteiger charge is -2.15. The van der Waals surface area contributed by atoms with Gasteiger partial charge < -0.3 is 15.5 Å². The highest BCUT2D eigenvalue weighted by atomic mass is 16.5. The van der Waals surface area contributed by atoms with Crippen molar-refractivity contribution in [1.82, 2.24) is 19.5 Å². The number of carbonyl (C=O) groups excluding carboxylic acids is 2. The number of primary amides is 1. The number of ether oxygens (including phenoxy) is 1. The van der Waals surface area contributed by atoms with Gasteiger partial charge in [-0.05, 0) is 60.9 Å². The minimum Gasteiger partial charge on any atom is -0.461 e. The van der Waals surface area contributed by atoms with Crippen molar-refractivity contribution in [3.8, 4) is 16.8 Å². The van der Waals surface area contributed by atoms with Crippen LogP contribution in [0.1, 0.15) is 33.3 Å². The number of fused-ring (bicyclic) bond motifs is 4. The molecule has 3 N–H and O–H groups in total. The van der Waals surface area contributed by atoms with E-state index in [1.807, 2.05) is 43.3 Å². The number of hydrogen-bond donors (Lipinski definition) is 2. The number of amides is 1. The molecule has 0 spiro atoms. The van der Waals surface area contributed by atoms with Crippen molar-refractivity contribution in [1.29, 1.82) is 0 Å². The number of aromatic amines is 1. The van der Waals surface area contributed by atoms with Gasteiger partial charge in [-0.3, -0.25) is 14.2 Å². The molecule has 9 nitrogen and oxygen atoms in total. The topological polar surface area (TPSA) is 133 Å². The van der Waals surface area contributed by atoms with Gasteiger partial charge in [0.15, 0.2) is 0 Å². The monoisotopic (exact) mass is 517 g/mol. The van der Waals surface area contributed by atoms with E-state index in [2.05, 4.69) is 15.0 Å². The van der Waals surface area contributed by atoms with Gasteiger partial charge in [0.25, 0.3) is 11.5 Å². The molecule has 0 saturated carbocycles. The number of carbonyl (C=O) groups is 2. The Balaban J connectivity index is 1.63. The second kappa shape index (κ2) is 9.21. The highest BCUT2D eigenvalue weighted by Crippen LogP contribution is 2.38. The van der Waals surface area contributed by atoms with Gasteiger partial charge >= 0.3 is 5.97 Å². The Morgan fingerprint density at radius 1 is 1.00 bits per heavy atom. The first-order valence-electron chi connectivity index (χ1n) is 12.4. The molecular weight excluding hydrogens is 494 g/mol. The van der Waals surface area contributed by atoms with E-state index in [0.717, 1.165) is 16.7 Å². The SMILES string of the molecule is CCOC(=O)c1cc2c(cn1)[nH]c1c(C(N)=O)ccc(-c3cccc(-n4cnc5ccccc5c4=O)c3C)c12. The maximum absolute atomic E-state index is 13.4. The zero-order valence-corrected chi connectivity index (χ0v) is 21.2. The number of H-pyrrole nitrogens is 1. The summed E-state index contributed by atoms with van der Waals surface area (Å²) in [7, 11) is 0. The average molecular weight is 518 g/mol. The van der Waals surface area contributed by atoms with Crippen molar-refractivity contribution in [2.24, 2.45) is 5.73 Å². The highest BCUT2D eigenvalue weighted by molar-refractivity contribution is 6.20. The third-order valence-electron chi connectivity index (χ3n) is 6.91. The number of nitrogens with zero attached hydrogens (tertiary/aromatic N) is 3. The molecule has 0 saturated heterocycles. The van der Waals surface area contributed by atoms with Crippen LogP contribution in [0, 0.1) is 6.92 Å². The lowest BCUT2D eigenvalue weighted by Crippen LogP contribution is -2.19. The molecule has 6 aromatic rings. The van der Waals surface area contributed by atoms with E-state index >= 15 is 0 Å². The fourth-order valence-corrected chi connectivity index (χ4v) is 5.07. The number of aromatic nitrogens is 4. The minimum absolute atomic E-state index is 0.153. The van der Waals surface area contributed by atoms with Gasteiger partial charge in [0.1, 0.15) is 12.0 Å². The van der Waals surface area contributed by atoms with Gasteiger partial charge in [-0.2, -0.15) is 0 Å². The summed E-state index contributed by atoms with van der Waals surface area (Å²) in [5.41, 5.74) is 10.9. The first-order chi connectivity index (χ1) is 18.9. The summed E-state index contributed by atoms with van der Waals surface area (Å²) >= 11 is 0. The summed E-state index contributed by atoms with van der Waals surface area (Å²) in [4.78, 5) is 50.1. The van der Waals surface area contributed by atoms with E-state index in [4.69, 9.17) is 10.5 Å². The van der Waals surface area contributed by atoms with Crippen molar-refractivity contribution < 1.29 is 14.3 Å². The zero-order chi connectivity index (χ0) is 27.3. The number of para-hydroxylation sites is 1. The Hall–Kier alpha value is -5.31.